The maximum atomic E-state index is 14.6. The molecule has 0 radical (unpaired) electrons. The average molecular weight is 819 g/mol. The van der Waals surface area contributed by atoms with Crippen molar-refractivity contribution in [1.29, 1.82) is 0 Å². The van der Waals surface area contributed by atoms with E-state index in [1.165, 1.54) is 7.05 Å². The molecule has 4 N–H and O–H groups in total. The molecule has 0 unspecified atom stereocenters. The molecular weight excluding hydrogens is 757 g/mol. The number of urea groups is 1. The standard InChI is InChI=1S/C48H62N6O6/c1-32-16-12-13-19-36(32)31-53-26-27-54(45(53)58)42(48(5,6)7)44(57)51-39(29-33-17-10-9-11-18-33)40(55)30-37(50-43(56)41(47(2,3)4)52(8)46(59)60)28-34-21-23-35(24-22-34)38-20-14-15-25-49-38/h9-25,37,39-42,55H,26-31H2,1-8H3,(H,50,56)(H,51,57)(H,59,60)/t37-,39+,40+,41-,42-/m1/s1. The smallest absolute Gasteiger partial charge is 0.407 e. The minimum absolute atomic E-state index is 0.0339. The highest BCUT2D eigenvalue weighted by molar-refractivity contribution is 5.89. The van der Waals surface area contributed by atoms with E-state index >= 15 is 0 Å². The third-order valence-electron chi connectivity index (χ3n) is 11.2. The molecular formula is C48H62N6O6. The van der Waals surface area contributed by atoms with Gasteiger partial charge in [-0.1, -0.05) is 126 Å². The quantitative estimate of drug-likeness (QED) is 0.0955. The summed E-state index contributed by atoms with van der Waals surface area (Å²) in [6.45, 7) is 14.5. The van der Waals surface area contributed by atoms with Crippen LogP contribution in [0.2, 0.25) is 0 Å². The van der Waals surface area contributed by atoms with Gasteiger partial charge in [-0.3, -0.25) is 19.5 Å². The number of pyridine rings is 1. The fraction of sp³-hybridized carbons (Fsp3) is 0.438. The maximum Gasteiger partial charge on any atom is 0.407 e. The number of nitrogens with zero attached hydrogens (tertiary/aromatic N) is 4. The number of aliphatic hydroxyl groups excluding tert-OH is 1. The van der Waals surface area contributed by atoms with E-state index in [1.54, 1.807) is 36.8 Å². The van der Waals surface area contributed by atoms with Crippen LogP contribution in [-0.4, -0.2) is 104 Å². The van der Waals surface area contributed by atoms with Crippen molar-refractivity contribution in [3.8, 4) is 11.3 Å². The number of likely N-dealkylation sites (N-methyl/N-ethyl adjacent to an activating group) is 1. The van der Waals surface area contributed by atoms with E-state index in [9.17, 15) is 29.4 Å². The van der Waals surface area contributed by atoms with Crippen LogP contribution < -0.4 is 10.6 Å². The predicted octanol–water partition coefficient (Wildman–Crippen LogP) is 6.94. The molecule has 5 amide bonds. The second-order valence-corrected chi connectivity index (χ2v) is 18.2. The van der Waals surface area contributed by atoms with Crippen LogP contribution in [0.3, 0.4) is 0 Å². The van der Waals surface area contributed by atoms with Crippen molar-refractivity contribution in [3.63, 3.8) is 0 Å². The van der Waals surface area contributed by atoms with E-state index in [0.717, 1.165) is 38.4 Å². The number of amides is 5. The molecule has 1 saturated heterocycles. The molecule has 1 aliphatic rings. The van der Waals surface area contributed by atoms with Gasteiger partial charge in [-0.25, -0.2) is 9.59 Å². The van der Waals surface area contributed by atoms with Crippen LogP contribution in [-0.2, 0) is 29.0 Å². The number of rotatable bonds is 16. The van der Waals surface area contributed by atoms with Crippen LogP contribution in [0, 0.1) is 17.8 Å². The van der Waals surface area contributed by atoms with Gasteiger partial charge in [-0.2, -0.15) is 0 Å². The molecule has 12 heteroatoms. The van der Waals surface area contributed by atoms with Gasteiger partial charge in [0.05, 0.1) is 17.8 Å². The molecule has 5 rings (SSSR count). The predicted molar refractivity (Wildman–Crippen MR) is 234 cm³/mol. The van der Waals surface area contributed by atoms with Gasteiger partial charge in [0.15, 0.2) is 0 Å². The van der Waals surface area contributed by atoms with Crippen LogP contribution in [0.25, 0.3) is 11.3 Å². The monoisotopic (exact) mass is 818 g/mol. The molecule has 4 aromatic rings. The highest BCUT2D eigenvalue weighted by atomic mass is 16.4. The third kappa shape index (κ3) is 11.7. The first-order valence-electron chi connectivity index (χ1n) is 20.7. The lowest BCUT2D eigenvalue weighted by Gasteiger charge is -2.38. The van der Waals surface area contributed by atoms with Gasteiger partial charge in [0, 0.05) is 44.5 Å². The Morgan fingerprint density at radius 2 is 1.42 bits per heavy atom. The van der Waals surface area contributed by atoms with E-state index in [1.807, 2.05) is 125 Å². The van der Waals surface area contributed by atoms with Crippen LogP contribution in [0.5, 0.6) is 0 Å². The Hall–Kier alpha value is -5.75. The summed E-state index contributed by atoms with van der Waals surface area (Å²) in [5.41, 5.74) is 4.23. The average Bonchev–Trinajstić information content (AvgIpc) is 3.53. The summed E-state index contributed by atoms with van der Waals surface area (Å²) >= 11 is 0. The molecule has 1 aromatic heterocycles. The number of nitrogens with one attached hydrogen (secondary N) is 2. The molecule has 0 spiro atoms. The van der Waals surface area contributed by atoms with Crippen molar-refractivity contribution in [2.45, 2.75) is 105 Å². The van der Waals surface area contributed by atoms with Gasteiger partial charge >= 0.3 is 12.1 Å². The first kappa shape index (κ1) is 45.3. The lowest BCUT2D eigenvalue weighted by atomic mass is 9.84. The van der Waals surface area contributed by atoms with Crippen LogP contribution in [0.1, 0.15) is 70.2 Å². The number of carbonyl (C=O) groups is 4. The minimum atomic E-state index is -1.24. The molecule has 0 aliphatic carbocycles. The Balaban J connectivity index is 1.43. The Labute approximate surface area is 355 Å². The second kappa shape index (κ2) is 19.5. The summed E-state index contributed by atoms with van der Waals surface area (Å²) in [7, 11) is 1.38. The first-order valence-corrected chi connectivity index (χ1v) is 20.7. The summed E-state index contributed by atoms with van der Waals surface area (Å²) in [4.78, 5) is 63.8. The van der Waals surface area contributed by atoms with Gasteiger partial charge in [-0.15, -0.1) is 0 Å². The Morgan fingerprint density at radius 1 is 0.783 bits per heavy atom. The number of aromatic nitrogens is 1. The lowest BCUT2D eigenvalue weighted by molar-refractivity contribution is -0.131. The fourth-order valence-electron chi connectivity index (χ4n) is 8.22. The molecule has 1 aliphatic heterocycles. The van der Waals surface area contributed by atoms with Gasteiger partial charge in [-0.05, 0) is 71.4 Å². The fourth-order valence-corrected chi connectivity index (χ4v) is 8.22. The van der Waals surface area contributed by atoms with E-state index in [2.05, 4.69) is 15.6 Å². The van der Waals surface area contributed by atoms with Crippen molar-refractivity contribution in [2.24, 2.45) is 10.8 Å². The van der Waals surface area contributed by atoms with Gasteiger partial charge in [0.25, 0.3) is 0 Å². The van der Waals surface area contributed by atoms with E-state index in [0.29, 0.717) is 26.1 Å². The van der Waals surface area contributed by atoms with Gasteiger partial charge < -0.3 is 30.6 Å². The van der Waals surface area contributed by atoms with E-state index < -0.39 is 53.1 Å². The lowest BCUT2D eigenvalue weighted by Crippen LogP contribution is -2.59. The number of aliphatic hydroxyl groups is 1. The van der Waals surface area contributed by atoms with Crippen molar-refractivity contribution in [2.75, 3.05) is 20.1 Å². The summed E-state index contributed by atoms with van der Waals surface area (Å²) in [5, 5.41) is 28.4. The Morgan fingerprint density at radius 3 is 2.02 bits per heavy atom. The van der Waals surface area contributed by atoms with Crippen molar-refractivity contribution in [1.82, 2.24) is 30.3 Å². The number of benzene rings is 3. The van der Waals surface area contributed by atoms with Gasteiger partial charge in [0.1, 0.15) is 12.1 Å². The number of carboxylic acid groups (broad SMARTS) is 1. The minimum Gasteiger partial charge on any atom is -0.465 e. The van der Waals surface area contributed by atoms with E-state index in [4.69, 9.17) is 0 Å². The number of aryl methyl sites for hydroxylation is 1. The summed E-state index contributed by atoms with van der Waals surface area (Å²) in [6, 6.07) is 27.4. The molecule has 3 aromatic carbocycles. The Kier molecular flexibility index (Phi) is 14.8. The third-order valence-corrected chi connectivity index (χ3v) is 11.2. The maximum absolute atomic E-state index is 14.6. The molecule has 60 heavy (non-hydrogen) atoms. The highest BCUT2D eigenvalue weighted by Crippen LogP contribution is 2.30. The SMILES string of the molecule is Cc1ccccc1CN1CCN([C@H](C(=O)N[C@@H](Cc2ccccc2)[C@@H](O)C[C@@H](Cc2ccc(-c3ccccn3)cc2)NC(=O)[C@@H](N(C)C(=O)O)C(C)(C)C)C(C)(C)C)C1=O. The van der Waals surface area contributed by atoms with Crippen molar-refractivity contribution < 1.29 is 29.4 Å². The summed E-state index contributed by atoms with van der Waals surface area (Å²) < 4.78 is 0. The molecule has 12 nitrogen and oxygen atoms in total. The zero-order chi connectivity index (χ0) is 43.8. The van der Waals surface area contributed by atoms with Crippen LogP contribution in [0.4, 0.5) is 9.59 Å². The number of hydrogen-bond acceptors (Lipinski definition) is 6. The molecule has 1 fully saturated rings. The van der Waals surface area contributed by atoms with Gasteiger partial charge in [0.2, 0.25) is 11.8 Å². The molecule has 2 heterocycles. The molecule has 320 valence electrons. The topological polar surface area (TPSA) is 155 Å². The van der Waals surface area contributed by atoms with Crippen molar-refractivity contribution >= 4 is 23.9 Å². The molecule has 5 atom stereocenters. The molecule has 0 bridgehead atoms. The zero-order valence-corrected chi connectivity index (χ0v) is 36.3. The number of hydrogen-bond donors (Lipinski definition) is 4. The number of carbonyl (C=O) groups excluding carboxylic acids is 3. The van der Waals surface area contributed by atoms with Crippen LogP contribution >= 0.6 is 0 Å². The second-order valence-electron chi connectivity index (χ2n) is 18.2. The largest absolute Gasteiger partial charge is 0.465 e. The van der Waals surface area contributed by atoms with Crippen molar-refractivity contribution in [3.05, 3.63) is 126 Å². The summed E-state index contributed by atoms with van der Waals surface area (Å²) in [6.07, 6.45) is -0.0372. The van der Waals surface area contributed by atoms with E-state index in [-0.39, 0.29) is 24.8 Å². The molecule has 0 saturated carbocycles. The zero-order valence-electron chi connectivity index (χ0n) is 36.3. The van der Waals surface area contributed by atoms with Crippen LogP contribution in [0.15, 0.2) is 103 Å². The first-order chi connectivity index (χ1) is 28.3. The Bertz CT molecular complexity index is 2060. The normalized spacial score (nSPS) is 15.8. The summed E-state index contributed by atoms with van der Waals surface area (Å²) in [5.74, 6) is -0.871. The highest BCUT2D eigenvalue weighted by Gasteiger charge is 2.45.